The number of allylic oxidation sites excluding steroid dienone is 4. The van der Waals surface area contributed by atoms with Crippen LogP contribution in [0.4, 0.5) is 0 Å². The number of ether oxygens (including phenoxy) is 2. The van der Waals surface area contributed by atoms with Gasteiger partial charge in [0.25, 0.3) is 0 Å². The van der Waals surface area contributed by atoms with Crippen LogP contribution in [0.3, 0.4) is 0 Å². The number of ketones is 2. The molecule has 2 aromatic rings. The molecule has 5 nitrogen and oxygen atoms in total. The second-order valence-electron chi connectivity index (χ2n) is 13.4. The van der Waals surface area contributed by atoms with Crippen LogP contribution in [0.25, 0.3) is 0 Å². The number of hydrogen-bond acceptors (Lipinski definition) is 5. The number of methoxy groups -OCH3 is 1. The Morgan fingerprint density at radius 2 is 1.35 bits per heavy atom. The van der Waals surface area contributed by atoms with Gasteiger partial charge in [-0.15, -0.1) is 0 Å². The van der Waals surface area contributed by atoms with Crippen LogP contribution in [0.5, 0.6) is 5.75 Å². The first-order valence-corrected chi connectivity index (χ1v) is 14.6. The summed E-state index contributed by atoms with van der Waals surface area (Å²) in [7, 11) is 1.72. The van der Waals surface area contributed by atoms with E-state index in [9.17, 15) is 9.59 Å². The number of rotatable bonds is 8. The Hall–Kier alpha value is -3.18. The number of aryl methyl sites for hydroxylation is 1. The third kappa shape index (κ3) is 5.81. The van der Waals surface area contributed by atoms with Gasteiger partial charge in [0.15, 0.2) is 11.6 Å². The third-order valence-corrected chi connectivity index (χ3v) is 8.49. The van der Waals surface area contributed by atoms with Crippen LogP contribution in [0.15, 0.2) is 71.1 Å². The molecule has 0 N–H and O–H groups in total. The molecule has 1 heterocycles. The van der Waals surface area contributed by atoms with E-state index in [2.05, 4.69) is 63.8 Å². The fraction of sp³-hybridized carbons (Fsp3) is 0.486. The molecule has 1 aliphatic heterocycles. The van der Waals surface area contributed by atoms with E-state index in [0.717, 1.165) is 65.2 Å². The van der Waals surface area contributed by atoms with Gasteiger partial charge in [-0.3, -0.25) is 9.59 Å². The Kier molecular flexibility index (Phi) is 7.80. The topological polar surface area (TPSA) is 55.8 Å². The summed E-state index contributed by atoms with van der Waals surface area (Å²) in [6, 6.07) is 16.4. The molecule has 5 heteroatoms. The molecular formula is C35H43NO4. The van der Waals surface area contributed by atoms with Crippen LogP contribution in [0.2, 0.25) is 0 Å². The van der Waals surface area contributed by atoms with Gasteiger partial charge in [-0.05, 0) is 60.3 Å². The van der Waals surface area contributed by atoms with Crippen molar-refractivity contribution in [2.24, 2.45) is 10.8 Å². The lowest BCUT2D eigenvalue weighted by Crippen LogP contribution is -2.44. The number of hydrogen-bond donors (Lipinski definition) is 0. The average Bonchev–Trinajstić information content (AvgIpc) is 2.88. The number of carbonyl (C=O) groups is 2. The number of benzene rings is 2. The summed E-state index contributed by atoms with van der Waals surface area (Å²) in [6.45, 7) is 12.7. The summed E-state index contributed by atoms with van der Waals surface area (Å²) < 4.78 is 11.5. The van der Waals surface area contributed by atoms with Crippen molar-refractivity contribution in [3.63, 3.8) is 0 Å². The number of Topliss-reactive ketones (excluding diaryl/α,β-unsaturated/α-hetero) is 2. The van der Waals surface area contributed by atoms with Gasteiger partial charge < -0.3 is 14.4 Å². The lowest BCUT2D eigenvalue weighted by Gasteiger charge is -2.49. The van der Waals surface area contributed by atoms with Crippen LogP contribution < -0.4 is 4.74 Å². The third-order valence-electron chi connectivity index (χ3n) is 8.49. The molecule has 40 heavy (non-hydrogen) atoms. The number of nitrogens with zero attached hydrogens (tertiary/aromatic N) is 1. The quantitative estimate of drug-likeness (QED) is 0.328. The molecule has 0 saturated carbocycles. The minimum absolute atomic E-state index is 0.125. The van der Waals surface area contributed by atoms with Gasteiger partial charge in [0, 0.05) is 61.6 Å². The molecule has 0 bridgehead atoms. The highest BCUT2D eigenvalue weighted by Crippen LogP contribution is 2.54. The van der Waals surface area contributed by atoms with E-state index in [1.165, 1.54) is 5.56 Å². The zero-order chi connectivity index (χ0) is 28.7. The van der Waals surface area contributed by atoms with Crippen LogP contribution in [0.1, 0.15) is 82.4 Å². The van der Waals surface area contributed by atoms with Crippen molar-refractivity contribution in [2.45, 2.75) is 79.2 Å². The maximum Gasteiger partial charge on any atom is 0.162 e. The summed E-state index contributed by atoms with van der Waals surface area (Å²) in [6.07, 6.45) is 3.47. The minimum atomic E-state index is -0.331. The maximum atomic E-state index is 13.9. The second-order valence-corrected chi connectivity index (χ2v) is 13.4. The van der Waals surface area contributed by atoms with Gasteiger partial charge in [0.05, 0.1) is 0 Å². The van der Waals surface area contributed by atoms with Crippen molar-refractivity contribution in [1.82, 2.24) is 4.90 Å². The molecule has 3 aliphatic rings. The predicted octanol–water partition coefficient (Wildman–Crippen LogP) is 7.30. The second kappa shape index (κ2) is 11.0. The van der Waals surface area contributed by atoms with Gasteiger partial charge >= 0.3 is 0 Å². The van der Waals surface area contributed by atoms with Crippen LogP contribution in [0, 0.1) is 17.8 Å². The summed E-state index contributed by atoms with van der Waals surface area (Å²) in [5, 5.41) is 0. The SMILES string of the molecule is COCCCN1C2=C(C(=O)CC(C)(C)C2)C(c2ccc(OCc3ccc(C)cc3)cc2)C2=C1CC(C)(C)CC2=O. The van der Waals surface area contributed by atoms with Crippen molar-refractivity contribution < 1.29 is 19.1 Å². The molecule has 0 amide bonds. The van der Waals surface area contributed by atoms with E-state index >= 15 is 0 Å². The molecule has 2 aromatic carbocycles. The molecule has 0 saturated heterocycles. The first kappa shape index (κ1) is 28.4. The summed E-state index contributed by atoms with van der Waals surface area (Å²) in [5.41, 5.74) is 6.92. The van der Waals surface area contributed by atoms with E-state index in [-0.39, 0.29) is 28.3 Å². The Balaban J connectivity index is 1.54. The lowest BCUT2D eigenvalue weighted by molar-refractivity contribution is -0.119. The Labute approximate surface area is 239 Å². The normalized spacial score (nSPS) is 20.5. The Bertz CT molecular complexity index is 1290. The standard InChI is InChI=1S/C35H43NO4/c1-23-8-10-24(11-9-23)22-40-26-14-12-25(13-15-26)31-32-27(18-34(2,3)20-29(32)37)36(16-7-17-39-6)28-19-35(4,5)21-30(38)33(28)31/h8-15,31H,7,16-22H2,1-6H3. The van der Waals surface area contributed by atoms with Gasteiger partial charge in [-0.25, -0.2) is 0 Å². The zero-order valence-corrected chi connectivity index (χ0v) is 24.9. The van der Waals surface area contributed by atoms with E-state index in [0.29, 0.717) is 26.1 Å². The van der Waals surface area contributed by atoms with Crippen LogP contribution in [-0.4, -0.2) is 36.7 Å². The smallest absolute Gasteiger partial charge is 0.162 e. The van der Waals surface area contributed by atoms with E-state index < -0.39 is 0 Å². The number of carbonyl (C=O) groups excluding carboxylic acids is 2. The van der Waals surface area contributed by atoms with Gasteiger partial charge in [0.1, 0.15) is 12.4 Å². The molecule has 212 valence electrons. The Morgan fingerprint density at radius 3 is 1.88 bits per heavy atom. The van der Waals surface area contributed by atoms with E-state index in [1.807, 2.05) is 24.3 Å². The molecule has 0 atom stereocenters. The molecule has 0 radical (unpaired) electrons. The molecular weight excluding hydrogens is 498 g/mol. The van der Waals surface area contributed by atoms with E-state index in [1.54, 1.807) is 7.11 Å². The van der Waals surface area contributed by atoms with Crippen LogP contribution >= 0.6 is 0 Å². The van der Waals surface area contributed by atoms with Crippen LogP contribution in [-0.2, 0) is 20.9 Å². The summed E-state index contributed by atoms with van der Waals surface area (Å²) >= 11 is 0. The maximum absolute atomic E-state index is 13.9. The molecule has 0 fully saturated rings. The molecule has 0 spiro atoms. The van der Waals surface area contributed by atoms with Gasteiger partial charge in [-0.1, -0.05) is 69.7 Å². The molecule has 5 rings (SSSR count). The van der Waals surface area contributed by atoms with Gasteiger partial charge in [-0.2, -0.15) is 0 Å². The fourth-order valence-corrected chi connectivity index (χ4v) is 6.63. The molecule has 2 aliphatic carbocycles. The lowest BCUT2D eigenvalue weighted by atomic mass is 9.63. The van der Waals surface area contributed by atoms with Gasteiger partial charge in [0.2, 0.25) is 0 Å². The predicted molar refractivity (Wildman–Crippen MR) is 158 cm³/mol. The highest BCUT2D eigenvalue weighted by Gasteiger charge is 2.48. The van der Waals surface area contributed by atoms with Crippen molar-refractivity contribution in [2.75, 3.05) is 20.3 Å². The van der Waals surface area contributed by atoms with Crippen molar-refractivity contribution in [3.8, 4) is 5.75 Å². The highest BCUT2D eigenvalue weighted by atomic mass is 16.5. The van der Waals surface area contributed by atoms with Crippen molar-refractivity contribution in [1.29, 1.82) is 0 Å². The van der Waals surface area contributed by atoms with Crippen molar-refractivity contribution in [3.05, 3.63) is 87.8 Å². The first-order valence-electron chi connectivity index (χ1n) is 14.6. The Morgan fingerprint density at radius 1 is 0.800 bits per heavy atom. The fourth-order valence-electron chi connectivity index (χ4n) is 6.63. The highest BCUT2D eigenvalue weighted by molar-refractivity contribution is 6.06. The van der Waals surface area contributed by atoms with Crippen molar-refractivity contribution >= 4 is 11.6 Å². The monoisotopic (exact) mass is 541 g/mol. The average molecular weight is 542 g/mol. The summed E-state index contributed by atoms with van der Waals surface area (Å²) in [5.74, 6) is 0.771. The zero-order valence-electron chi connectivity index (χ0n) is 24.9. The minimum Gasteiger partial charge on any atom is -0.489 e. The largest absolute Gasteiger partial charge is 0.489 e. The summed E-state index contributed by atoms with van der Waals surface area (Å²) in [4.78, 5) is 30.1. The van der Waals surface area contributed by atoms with E-state index in [4.69, 9.17) is 9.47 Å². The molecule has 0 unspecified atom stereocenters. The molecule has 0 aromatic heterocycles. The first-order chi connectivity index (χ1) is 19.0.